The van der Waals surface area contributed by atoms with Gasteiger partial charge in [0.2, 0.25) is 5.91 Å². The van der Waals surface area contributed by atoms with E-state index in [4.69, 9.17) is 0 Å². The number of likely N-dealkylation sites (tertiary alicyclic amines) is 1. The molecule has 2 rings (SSSR count). The second kappa shape index (κ2) is 12.1. The summed E-state index contributed by atoms with van der Waals surface area (Å²) in [5.41, 5.74) is 0.334. The van der Waals surface area contributed by atoms with Gasteiger partial charge >= 0.3 is 0 Å². The fraction of sp³-hybridized carbons (Fsp3) is 0.562. The number of hydrogen-bond acceptors (Lipinski definition) is 4. The summed E-state index contributed by atoms with van der Waals surface area (Å²) in [5.74, 6) is 0.369. The number of pyridine rings is 1. The van der Waals surface area contributed by atoms with Crippen molar-refractivity contribution >= 4 is 36.6 Å². The molecule has 1 aromatic rings. The lowest BCUT2D eigenvalue weighted by Crippen LogP contribution is -2.44. The van der Waals surface area contributed by atoms with Crippen molar-refractivity contribution in [2.75, 3.05) is 33.2 Å². The van der Waals surface area contributed by atoms with E-state index in [1.54, 1.807) is 24.4 Å². The number of rotatable bonds is 6. The summed E-state index contributed by atoms with van der Waals surface area (Å²) in [4.78, 5) is 29.8. The maximum absolute atomic E-state index is 12.1. The highest BCUT2D eigenvalue weighted by atomic mass is 35.5. The third kappa shape index (κ3) is 7.03. The first kappa shape index (κ1) is 22.6. The molecule has 136 valence electrons. The van der Waals surface area contributed by atoms with Gasteiger partial charge in [0.25, 0.3) is 5.91 Å². The van der Waals surface area contributed by atoms with Crippen LogP contribution in [0.2, 0.25) is 0 Å². The van der Waals surface area contributed by atoms with Crippen LogP contribution in [0.5, 0.6) is 0 Å². The van der Waals surface area contributed by atoms with Crippen molar-refractivity contribution in [1.29, 1.82) is 0 Å². The molecule has 1 aliphatic rings. The quantitative estimate of drug-likeness (QED) is 0.788. The van der Waals surface area contributed by atoms with E-state index in [-0.39, 0.29) is 43.2 Å². The Balaban J connectivity index is 0.00000264. The van der Waals surface area contributed by atoms with Crippen LogP contribution in [-0.4, -0.2) is 54.9 Å². The molecule has 0 saturated carbocycles. The Hall–Kier alpha value is -1.37. The zero-order valence-electron chi connectivity index (χ0n) is 13.9. The molecule has 1 aliphatic heterocycles. The van der Waals surface area contributed by atoms with Gasteiger partial charge in [-0.05, 0) is 50.9 Å². The largest absolute Gasteiger partial charge is 0.342 e. The molecule has 2 N–H and O–H groups in total. The van der Waals surface area contributed by atoms with Gasteiger partial charge in [-0.3, -0.25) is 14.6 Å². The molecule has 6 nitrogen and oxygen atoms in total. The van der Waals surface area contributed by atoms with E-state index >= 15 is 0 Å². The van der Waals surface area contributed by atoms with Crippen LogP contribution in [0.25, 0.3) is 0 Å². The molecule has 0 spiro atoms. The summed E-state index contributed by atoms with van der Waals surface area (Å²) in [7, 11) is 1.96. The predicted molar refractivity (Wildman–Crippen MR) is 98.9 cm³/mol. The number of nitrogens with one attached hydrogen (secondary N) is 2. The molecule has 2 amide bonds. The van der Waals surface area contributed by atoms with Crippen molar-refractivity contribution in [2.45, 2.75) is 19.3 Å². The monoisotopic (exact) mass is 376 g/mol. The summed E-state index contributed by atoms with van der Waals surface area (Å²) in [5, 5.41) is 5.80. The zero-order valence-corrected chi connectivity index (χ0v) is 15.5. The average molecular weight is 377 g/mol. The number of halogens is 2. The average Bonchev–Trinajstić information content (AvgIpc) is 2.58. The lowest BCUT2D eigenvalue weighted by atomic mass is 9.93. The highest BCUT2D eigenvalue weighted by Crippen LogP contribution is 2.19. The third-order valence-electron chi connectivity index (χ3n) is 4.07. The fourth-order valence-corrected chi connectivity index (χ4v) is 2.67. The zero-order chi connectivity index (χ0) is 15.8. The SMILES string of the molecule is CNCCC1CCN(C(=O)CNC(=O)c2ccccn2)CC1.Cl.Cl. The molecular formula is C16H26Cl2N4O2. The van der Waals surface area contributed by atoms with Gasteiger partial charge in [0, 0.05) is 19.3 Å². The Bertz CT molecular complexity index is 494. The van der Waals surface area contributed by atoms with Crippen LogP contribution in [0, 0.1) is 5.92 Å². The molecule has 1 aromatic heterocycles. The number of aromatic nitrogens is 1. The third-order valence-corrected chi connectivity index (χ3v) is 4.07. The first-order valence-electron chi connectivity index (χ1n) is 7.82. The molecule has 0 aromatic carbocycles. The van der Waals surface area contributed by atoms with Gasteiger partial charge in [0.1, 0.15) is 5.69 Å². The molecule has 2 heterocycles. The molecule has 24 heavy (non-hydrogen) atoms. The maximum Gasteiger partial charge on any atom is 0.270 e. The van der Waals surface area contributed by atoms with Crippen molar-refractivity contribution in [2.24, 2.45) is 5.92 Å². The van der Waals surface area contributed by atoms with Gasteiger partial charge in [0.05, 0.1) is 6.54 Å². The molecular weight excluding hydrogens is 351 g/mol. The minimum absolute atomic E-state index is 0. The van der Waals surface area contributed by atoms with Gasteiger partial charge in [0.15, 0.2) is 0 Å². The normalized spacial score (nSPS) is 14.3. The van der Waals surface area contributed by atoms with E-state index in [0.29, 0.717) is 11.6 Å². The topological polar surface area (TPSA) is 74.3 Å². The lowest BCUT2D eigenvalue weighted by molar-refractivity contribution is -0.131. The van der Waals surface area contributed by atoms with Crippen LogP contribution < -0.4 is 10.6 Å². The first-order chi connectivity index (χ1) is 10.7. The van der Waals surface area contributed by atoms with Crippen molar-refractivity contribution < 1.29 is 9.59 Å². The molecule has 0 unspecified atom stereocenters. The van der Waals surface area contributed by atoms with Gasteiger partial charge < -0.3 is 15.5 Å². The number of hydrogen-bond donors (Lipinski definition) is 2. The Kier molecular flexibility index (Phi) is 11.4. The van der Waals surface area contributed by atoms with Crippen LogP contribution in [0.15, 0.2) is 24.4 Å². The lowest BCUT2D eigenvalue weighted by Gasteiger charge is -2.32. The van der Waals surface area contributed by atoms with Crippen LogP contribution in [-0.2, 0) is 4.79 Å². The summed E-state index contributed by atoms with van der Waals surface area (Å²) >= 11 is 0. The Morgan fingerprint density at radius 3 is 2.54 bits per heavy atom. The van der Waals surface area contributed by atoms with Gasteiger partial charge in [-0.1, -0.05) is 6.07 Å². The summed E-state index contributed by atoms with van der Waals surface area (Å²) < 4.78 is 0. The van der Waals surface area contributed by atoms with Crippen molar-refractivity contribution in [3.05, 3.63) is 30.1 Å². The van der Waals surface area contributed by atoms with E-state index in [1.807, 2.05) is 11.9 Å². The van der Waals surface area contributed by atoms with Crippen LogP contribution in [0.1, 0.15) is 29.8 Å². The second-order valence-corrected chi connectivity index (χ2v) is 5.61. The van der Waals surface area contributed by atoms with Crippen LogP contribution >= 0.6 is 24.8 Å². The maximum atomic E-state index is 12.1. The van der Waals surface area contributed by atoms with E-state index in [0.717, 1.165) is 38.9 Å². The van der Waals surface area contributed by atoms with Crippen molar-refractivity contribution in [3.63, 3.8) is 0 Å². The summed E-state index contributed by atoms with van der Waals surface area (Å²) in [6.45, 7) is 2.63. The number of amides is 2. The van der Waals surface area contributed by atoms with E-state index in [1.165, 1.54) is 0 Å². The molecule has 8 heteroatoms. The van der Waals surface area contributed by atoms with Crippen LogP contribution in [0.4, 0.5) is 0 Å². The Labute approximate surface area is 155 Å². The number of carbonyl (C=O) groups is 2. The number of nitrogens with zero attached hydrogens (tertiary/aromatic N) is 2. The predicted octanol–water partition coefficient (Wildman–Crippen LogP) is 1.50. The van der Waals surface area contributed by atoms with Crippen molar-refractivity contribution in [3.8, 4) is 0 Å². The highest BCUT2D eigenvalue weighted by Gasteiger charge is 2.22. The van der Waals surface area contributed by atoms with Gasteiger partial charge in [-0.2, -0.15) is 0 Å². The number of piperidine rings is 1. The summed E-state index contributed by atoms with van der Waals surface area (Å²) in [6, 6.07) is 5.13. The molecule has 0 bridgehead atoms. The van der Waals surface area contributed by atoms with Crippen molar-refractivity contribution in [1.82, 2.24) is 20.5 Å². The molecule has 0 radical (unpaired) electrons. The Morgan fingerprint density at radius 1 is 1.25 bits per heavy atom. The molecule has 1 fully saturated rings. The first-order valence-corrected chi connectivity index (χ1v) is 7.82. The smallest absolute Gasteiger partial charge is 0.270 e. The van der Waals surface area contributed by atoms with Gasteiger partial charge in [-0.15, -0.1) is 24.8 Å². The van der Waals surface area contributed by atoms with Gasteiger partial charge in [-0.25, -0.2) is 0 Å². The number of carbonyl (C=O) groups excluding carboxylic acids is 2. The minimum Gasteiger partial charge on any atom is -0.342 e. The van der Waals surface area contributed by atoms with E-state index < -0.39 is 0 Å². The second-order valence-electron chi connectivity index (χ2n) is 5.61. The van der Waals surface area contributed by atoms with E-state index in [9.17, 15) is 9.59 Å². The molecule has 0 aliphatic carbocycles. The molecule has 1 saturated heterocycles. The summed E-state index contributed by atoms with van der Waals surface area (Å²) in [6.07, 6.45) is 4.81. The highest BCUT2D eigenvalue weighted by molar-refractivity contribution is 5.94. The standard InChI is InChI=1S/C16H24N4O2.2ClH/c1-17-9-5-13-6-10-20(11-7-13)15(21)12-19-16(22)14-4-2-3-8-18-14;;/h2-4,8,13,17H,5-7,9-12H2,1H3,(H,19,22);2*1H. The van der Waals surface area contributed by atoms with Crippen LogP contribution in [0.3, 0.4) is 0 Å². The Morgan fingerprint density at radius 2 is 1.96 bits per heavy atom. The van der Waals surface area contributed by atoms with E-state index in [2.05, 4.69) is 15.6 Å². The minimum atomic E-state index is -0.308. The molecule has 0 atom stereocenters. The fourth-order valence-electron chi connectivity index (χ4n) is 2.67.